The van der Waals surface area contributed by atoms with Crippen LogP contribution < -0.4 is 15.4 Å². The van der Waals surface area contributed by atoms with E-state index in [0.29, 0.717) is 68.4 Å². The van der Waals surface area contributed by atoms with E-state index in [0.717, 1.165) is 11.1 Å². The number of rotatable bonds is 11. The Morgan fingerprint density at radius 2 is 1.55 bits per heavy atom. The van der Waals surface area contributed by atoms with Crippen molar-refractivity contribution in [2.45, 2.75) is 38.5 Å². The minimum Gasteiger partial charge on any atom is -0.495 e. The first kappa shape index (κ1) is 33.4. The molecular formula is C35H41N5O7. The molecule has 3 aromatic carbocycles. The molecule has 0 unspecified atom stereocenters. The van der Waals surface area contributed by atoms with Gasteiger partial charge in [0.2, 0.25) is 11.8 Å². The van der Waals surface area contributed by atoms with Crippen LogP contribution in [0.15, 0.2) is 72.8 Å². The van der Waals surface area contributed by atoms with Crippen LogP contribution in [0.2, 0.25) is 0 Å². The van der Waals surface area contributed by atoms with Crippen LogP contribution in [0.3, 0.4) is 0 Å². The second-order valence-electron chi connectivity index (χ2n) is 11.8. The van der Waals surface area contributed by atoms with Crippen molar-refractivity contribution in [1.82, 2.24) is 14.7 Å². The van der Waals surface area contributed by atoms with Gasteiger partial charge >= 0.3 is 12.0 Å². The highest BCUT2D eigenvalue weighted by Crippen LogP contribution is 2.29. The SMILES string of the molecule is COc1cc(CC(=O)N2CC[C@H](OCc3ccccc3)[C@H]2C(=O)N2CCN(CC(=O)O)CC2)ccc1NC(=O)Nc1ccccc1C. The number of aliphatic carboxylic acids is 1. The molecule has 2 heterocycles. The van der Waals surface area contributed by atoms with Gasteiger partial charge in [0.25, 0.3) is 0 Å². The summed E-state index contributed by atoms with van der Waals surface area (Å²) in [6.07, 6.45) is 0.0422. The van der Waals surface area contributed by atoms with Crippen molar-refractivity contribution < 1.29 is 33.8 Å². The summed E-state index contributed by atoms with van der Waals surface area (Å²) in [6.45, 7) is 4.14. The lowest BCUT2D eigenvalue weighted by Gasteiger charge is -2.37. The molecule has 3 aromatic rings. The maximum atomic E-state index is 14.0. The maximum absolute atomic E-state index is 14.0. The van der Waals surface area contributed by atoms with Gasteiger partial charge in [0.1, 0.15) is 11.8 Å². The Balaban J connectivity index is 1.27. The Kier molecular flexibility index (Phi) is 11.1. The highest BCUT2D eigenvalue weighted by molar-refractivity contribution is 6.01. The number of carbonyl (C=O) groups excluding carboxylic acids is 3. The van der Waals surface area contributed by atoms with Gasteiger partial charge < -0.3 is 35.0 Å². The third-order valence-electron chi connectivity index (χ3n) is 8.53. The lowest BCUT2D eigenvalue weighted by molar-refractivity contribution is -0.149. The number of likely N-dealkylation sites (tertiary alicyclic amines) is 1. The minimum absolute atomic E-state index is 0.0214. The molecule has 2 aliphatic heterocycles. The largest absolute Gasteiger partial charge is 0.495 e. The molecule has 0 aromatic heterocycles. The number of aryl methyl sites for hydroxylation is 1. The summed E-state index contributed by atoms with van der Waals surface area (Å²) in [5, 5.41) is 14.8. The van der Waals surface area contributed by atoms with E-state index in [-0.39, 0.29) is 24.8 Å². The van der Waals surface area contributed by atoms with Gasteiger partial charge in [-0.2, -0.15) is 0 Å². The molecule has 2 fully saturated rings. The zero-order valence-electron chi connectivity index (χ0n) is 26.7. The van der Waals surface area contributed by atoms with Crippen LogP contribution in [-0.2, 0) is 32.1 Å². The molecule has 0 saturated carbocycles. The van der Waals surface area contributed by atoms with E-state index in [4.69, 9.17) is 14.6 Å². The van der Waals surface area contributed by atoms with Gasteiger partial charge in [-0.05, 0) is 48.2 Å². The molecule has 12 nitrogen and oxygen atoms in total. The van der Waals surface area contributed by atoms with E-state index in [1.54, 1.807) is 32.9 Å². The van der Waals surface area contributed by atoms with Gasteiger partial charge in [-0.25, -0.2) is 4.79 Å². The fourth-order valence-electron chi connectivity index (χ4n) is 6.01. The lowest BCUT2D eigenvalue weighted by Crippen LogP contribution is -2.57. The Bertz CT molecular complexity index is 1580. The molecule has 2 atom stereocenters. The number of hydrogen-bond acceptors (Lipinski definition) is 7. The summed E-state index contributed by atoms with van der Waals surface area (Å²) in [5.74, 6) is -0.926. The number of amides is 4. The van der Waals surface area contributed by atoms with Crippen LogP contribution in [0, 0.1) is 6.92 Å². The van der Waals surface area contributed by atoms with Gasteiger partial charge in [-0.3, -0.25) is 19.3 Å². The molecule has 2 saturated heterocycles. The van der Waals surface area contributed by atoms with Crippen molar-refractivity contribution in [3.05, 3.63) is 89.5 Å². The van der Waals surface area contributed by atoms with Crippen molar-refractivity contribution in [2.24, 2.45) is 0 Å². The fraction of sp³-hybridized carbons (Fsp3) is 0.371. The molecule has 2 aliphatic rings. The number of carbonyl (C=O) groups is 4. The van der Waals surface area contributed by atoms with Crippen LogP contribution in [0.4, 0.5) is 16.2 Å². The van der Waals surface area contributed by atoms with Crippen molar-refractivity contribution >= 4 is 35.2 Å². The Morgan fingerprint density at radius 1 is 0.851 bits per heavy atom. The van der Waals surface area contributed by atoms with Crippen LogP contribution in [-0.4, -0.2) is 102 Å². The summed E-state index contributed by atoms with van der Waals surface area (Å²) in [4.78, 5) is 56.7. The maximum Gasteiger partial charge on any atom is 0.323 e. The first-order chi connectivity index (χ1) is 22.7. The summed E-state index contributed by atoms with van der Waals surface area (Å²) < 4.78 is 11.8. The minimum atomic E-state index is -0.905. The number of para-hydroxylation sites is 1. The quantitative estimate of drug-likeness (QED) is 0.288. The van der Waals surface area contributed by atoms with Gasteiger partial charge in [0.15, 0.2) is 0 Å². The number of methoxy groups -OCH3 is 1. The van der Waals surface area contributed by atoms with E-state index < -0.39 is 24.1 Å². The summed E-state index contributed by atoms with van der Waals surface area (Å²) in [7, 11) is 1.49. The van der Waals surface area contributed by atoms with Crippen LogP contribution in [0.25, 0.3) is 0 Å². The predicted octanol–water partition coefficient (Wildman–Crippen LogP) is 3.61. The highest BCUT2D eigenvalue weighted by atomic mass is 16.5. The van der Waals surface area contributed by atoms with Crippen LogP contribution in [0.1, 0.15) is 23.1 Å². The number of carboxylic acid groups (broad SMARTS) is 1. The second-order valence-corrected chi connectivity index (χ2v) is 11.8. The van der Waals surface area contributed by atoms with Gasteiger partial charge in [-0.15, -0.1) is 0 Å². The first-order valence-corrected chi connectivity index (χ1v) is 15.7. The molecule has 5 rings (SSSR count). The average molecular weight is 644 g/mol. The van der Waals surface area contributed by atoms with E-state index in [2.05, 4.69) is 10.6 Å². The fourth-order valence-corrected chi connectivity index (χ4v) is 6.01. The van der Waals surface area contributed by atoms with Crippen molar-refractivity contribution in [3.8, 4) is 5.75 Å². The monoisotopic (exact) mass is 643 g/mol. The van der Waals surface area contributed by atoms with Gasteiger partial charge in [0, 0.05) is 38.4 Å². The Labute approximate surface area is 274 Å². The summed E-state index contributed by atoms with van der Waals surface area (Å²) in [5.41, 5.74) is 3.70. The number of anilines is 2. The zero-order chi connectivity index (χ0) is 33.3. The van der Waals surface area contributed by atoms with Gasteiger partial charge in [0.05, 0.1) is 38.5 Å². The Hall–Kier alpha value is -4.94. The number of carboxylic acids is 1. The predicted molar refractivity (Wildman–Crippen MR) is 176 cm³/mol. The van der Waals surface area contributed by atoms with Crippen LogP contribution >= 0.6 is 0 Å². The number of hydrogen-bond donors (Lipinski definition) is 3. The standard InChI is InChI=1S/C35H41N5O7/c1-24-8-6-7-11-27(24)36-35(45)37-28-13-12-26(20-30(28)46-2)21-31(41)40-15-14-29(47-23-25-9-4-3-5-10-25)33(40)34(44)39-18-16-38(17-19-39)22-32(42)43/h3-13,20,29,33H,14-19,21-23H2,1-2H3,(H,42,43)(H2,36,37,45)/t29-,33-/m0/s1. The molecule has 0 bridgehead atoms. The number of nitrogens with one attached hydrogen (secondary N) is 2. The van der Waals surface area contributed by atoms with Crippen molar-refractivity contribution in [1.29, 1.82) is 0 Å². The third-order valence-corrected chi connectivity index (χ3v) is 8.53. The lowest BCUT2D eigenvalue weighted by atomic mass is 10.1. The Morgan fingerprint density at radius 3 is 2.26 bits per heavy atom. The normalized spacial score (nSPS) is 18.1. The topological polar surface area (TPSA) is 141 Å². The highest BCUT2D eigenvalue weighted by Gasteiger charge is 2.44. The van der Waals surface area contributed by atoms with E-state index >= 15 is 0 Å². The van der Waals surface area contributed by atoms with E-state index in [9.17, 15) is 19.2 Å². The van der Waals surface area contributed by atoms with E-state index in [1.165, 1.54) is 7.11 Å². The van der Waals surface area contributed by atoms with E-state index in [1.807, 2.05) is 61.5 Å². The third kappa shape index (κ3) is 8.66. The summed E-state index contributed by atoms with van der Waals surface area (Å²) >= 11 is 0. The molecule has 12 heteroatoms. The molecule has 0 aliphatic carbocycles. The second kappa shape index (κ2) is 15.6. The number of urea groups is 1. The number of nitrogens with zero attached hydrogens (tertiary/aromatic N) is 3. The van der Waals surface area contributed by atoms with Crippen molar-refractivity contribution in [2.75, 3.05) is 57.0 Å². The first-order valence-electron chi connectivity index (χ1n) is 15.7. The van der Waals surface area contributed by atoms with Crippen LogP contribution in [0.5, 0.6) is 5.75 Å². The number of ether oxygens (including phenoxy) is 2. The smallest absolute Gasteiger partial charge is 0.323 e. The number of benzene rings is 3. The molecule has 0 radical (unpaired) electrons. The zero-order valence-corrected chi connectivity index (χ0v) is 26.7. The summed E-state index contributed by atoms with van der Waals surface area (Å²) in [6, 6.07) is 21.1. The van der Waals surface area contributed by atoms with Crippen molar-refractivity contribution in [3.63, 3.8) is 0 Å². The average Bonchev–Trinajstić information content (AvgIpc) is 3.50. The molecule has 4 amide bonds. The number of piperazine rings is 1. The molecule has 3 N–H and O–H groups in total. The molecule has 47 heavy (non-hydrogen) atoms. The van der Waals surface area contributed by atoms with Gasteiger partial charge in [-0.1, -0.05) is 54.6 Å². The molecule has 0 spiro atoms. The molecular weight excluding hydrogens is 602 g/mol. The molecule has 248 valence electrons.